The number of nitrogens with zero attached hydrogens (tertiary/aromatic N) is 5. The van der Waals surface area contributed by atoms with Crippen LogP contribution in [0.1, 0.15) is 62.3 Å². The van der Waals surface area contributed by atoms with Crippen molar-refractivity contribution in [3.8, 4) is 11.6 Å². The van der Waals surface area contributed by atoms with E-state index in [1.807, 2.05) is 57.2 Å². The lowest BCUT2D eigenvalue weighted by atomic mass is 9.85. The number of nitrogens with one attached hydrogen (secondary N) is 1. The lowest BCUT2D eigenvalue weighted by molar-refractivity contribution is -0.116. The summed E-state index contributed by atoms with van der Waals surface area (Å²) in [5.41, 5.74) is 2.85. The highest BCUT2D eigenvalue weighted by Gasteiger charge is 2.34. The Morgan fingerprint density at radius 2 is 1.76 bits per heavy atom. The molecule has 1 fully saturated rings. The number of hydrogen-bond donors (Lipinski definition) is 1. The van der Waals surface area contributed by atoms with E-state index in [-0.39, 0.29) is 17.9 Å². The van der Waals surface area contributed by atoms with Crippen LogP contribution in [0.2, 0.25) is 0 Å². The molecule has 1 saturated heterocycles. The number of piperidine rings is 1. The molecule has 8 heteroatoms. The summed E-state index contributed by atoms with van der Waals surface area (Å²) in [6.45, 7) is 8.01. The standard InChI is InChI=1S/C25H30N6O2/c1-16(2)33-20-10-6-5-9-18(20)19-15-23(32)26-25-24(19)17(3)29-31(25)22-12-11-21(27-28-22)30-13-7-4-8-14-30/h5-6,9-12,16,19H,4,7-8,13-15H2,1-3H3,(H,26,32)/t19-/m1/s1. The zero-order valence-corrected chi connectivity index (χ0v) is 19.4. The molecule has 2 aliphatic rings. The molecule has 5 rings (SSSR count). The highest BCUT2D eigenvalue weighted by molar-refractivity contribution is 5.95. The number of para-hydroxylation sites is 1. The summed E-state index contributed by atoms with van der Waals surface area (Å²) >= 11 is 0. The minimum Gasteiger partial charge on any atom is -0.491 e. The molecular weight excluding hydrogens is 416 g/mol. The van der Waals surface area contributed by atoms with Crippen LogP contribution in [0, 0.1) is 6.92 Å². The molecular formula is C25H30N6O2. The third-order valence-corrected chi connectivity index (χ3v) is 6.29. The highest BCUT2D eigenvalue weighted by atomic mass is 16.5. The van der Waals surface area contributed by atoms with Crippen LogP contribution in [0.4, 0.5) is 11.6 Å². The summed E-state index contributed by atoms with van der Waals surface area (Å²) in [6, 6.07) is 11.9. The first-order chi connectivity index (χ1) is 16.0. The normalized spacial score (nSPS) is 18.2. The Balaban J connectivity index is 1.52. The Bertz CT molecular complexity index is 1150. The summed E-state index contributed by atoms with van der Waals surface area (Å²) < 4.78 is 7.77. The third kappa shape index (κ3) is 4.17. The first-order valence-electron chi connectivity index (χ1n) is 11.7. The molecule has 4 heterocycles. The van der Waals surface area contributed by atoms with Crippen LogP contribution in [0.15, 0.2) is 36.4 Å². The van der Waals surface area contributed by atoms with Crippen molar-refractivity contribution >= 4 is 17.5 Å². The molecule has 1 N–H and O–H groups in total. The van der Waals surface area contributed by atoms with Crippen LogP contribution in [-0.4, -0.2) is 45.1 Å². The van der Waals surface area contributed by atoms with E-state index in [4.69, 9.17) is 9.84 Å². The van der Waals surface area contributed by atoms with Crippen LogP contribution in [0.25, 0.3) is 5.82 Å². The molecule has 172 valence electrons. The van der Waals surface area contributed by atoms with Crippen molar-refractivity contribution in [2.75, 3.05) is 23.3 Å². The monoisotopic (exact) mass is 446 g/mol. The first kappa shape index (κ1) is 21.4. The molecule has 3 aromatic rings. The van der Waals surface area contributed by atoms with E-state index in [1.165, 1.54) is 19.3 Å². The summed E-state index contributed by atoms with van der Waals surface area (Å²) in [4.78, 5) is 15.0. The van der Waals surface area contributed by atoms with E-state index in [9.17, 15) is 4.79 Å². The Labute approximate surface area is 194 Å². The number of hydrogen-bond acceptors (Lipinski definition) is 6. The van der Waals surface area contributed by atoms with E-state index in [2.05, 4.69) is 20.4 Å². The lowest BCUT2D eigenvalue weighted by Crippen LogP contribution is -2.30. The average Bonchev–Trinajstić information content (AvgIpc) is 3.15. The fourth-order valence-electron chi connectivity index (χ4n) is 4.83. The summed E-state index contributed by atoms with van der Waals surface area (Å²) in [7, 11) is 0. The third-order valence-electron chi connectivity index (χ3n) is 6.29. The molecule has 2 aromatic heterocycles. The predicted molar refractivity (Wildman–Crippen MR) is 127 cm³/mol. The Morgan fingerprint density at radius 1 is 1.03 bits per heavy atom. The summed E-state index contributed by atoms with van der Waals surface area (Å²) in [6.07, 6.45) is 4.03. The molecule has 0 radical (unpaired) electrons. The lowest BCUT2D eigenvalue weighted by Gasteiger charge is -2.27. The van der Waals surface area contributed by atoms with Crippen molar-refractivity contribution in [1.82, 2.24) is 20.0 Å². The zero-order chi connectivity index (χ0) is 22.9. The number of carbonyl (C=O) groups is 1. The minimum atomic E-state index is -0.141. The summed E-state index contributed by atoms with van der Waals surface area (Å²) in [5.74, 6) is 2.75. The van der Waals surface area contributed by atoms with Crippen LogP contribution < -0.4 is 15.0 Å². The molecule has 33 heavy (non-hydrogen) atoms. The molecule has 0 saturated carbocycles. The molecule has 1 aromatic carbocycles. The van der Waals surface area contributed by atoms with Crippen molar-refractivity contribution in [1.29, 1.82) is 0 Å². The molecule has 1 amide bonds. The van der Waals surface area contributed by atoms with Crippen LogP contribution in [0.5, 0.6) is 5.75 Å². The van der Waals surface area contributed by atoms with E-state index >= 15 is 0 Å². The number of carbonyl (C=O) groups excluding carboxylic acids is 1. The van der Waals surface area contributed by atoms with Gasteiger partial charge < -0.3 is 15.0 Å². The van der Waals surface area contributed by atoms with E-state index < -0.39 is 0 Å². The zero-order valence-electron chi connectivity index (χ0n) is 19.4. The molecule has 0 aliphatic carbocycles. The van der Waals surface area contributed by atoms with Crippen molar-refractivity contribution in [2.24, 2.45) is 0 Å². The Kier molecular flexibility index (Phi) is 5.74. The van der Waals surface area contributed by atoms with Gasteiger partial charge >= 0.3 is 0 Å². The van der Waals surface area contributed by atoms with Gasteiger partial charge in [0.1, 0.15) is 11.6 Å². The topological polar surface area (TPSA) is 85.2 Å². The average molecular weight is 447 g/mol. The predicted octanol–water partition coefficient (Wildman–Crippen LogP) is 4.22. The molecule has 1 atom stereocenters. The van der Waals surface area contributed by atoms with Crippen LogP contribution in [0.3, 0.4) is 0 Å². The smallest absolute Gasteiger partial charge is 0.226 e. The van der Waals surface area contributed by atoms with Gasteiger partial charge in [-0.15, -0.1) is 10.2 Å². The highest BCUT2D eigenvalue weighted by Crippen LogP contribution is 2.43. The fraction of sp³-hybridized carbons (Fsp3) is 0.440. The fourth-order valence-corrected chi connectivity index (χ4v) is 4.83. The number of amides is 1. The maximum Gasteiger partial charge on any atom is 0.226 e. The second-order valence-electron chi connectivity index (χ2n) is 9.07. The molecule has 2 aliphatic heterocycles. The number of aryl methyl sites for hydroxylation is 1. The second-order valence-corrected chi connectivity index (χ2v) is 9.07. The number of aromatic nitrogens is 4. The number of anilines is 2. The quantitative estimate of drug-likeness (QED) is 0.632. The number of ether oxygens (including phenoxy) is 1. The SMILES string of the molecule is Cc1nn(-c2ccc(N3CCCCC3)nn2)c2c1[C@@H](c1ccccc1OC(C)C)CC(=O)N2. The van der Waals surface area contributed by atoms with Gasteiger partial charge in [0.25, 0.3) is 0 Å². The van der Waals surface area contributed by atoms with Crippen molar-refractivity contribution in [2.45, 2.75) is 58.5 Å². The minimum absolute atomic E-state index is 0.0422. The number of rotatable bonds is 5. The van der Waals surface area contributed by atoms with Gasteiger partial charge in [-0.3, -0.25) is 4.79 Å². The number of fused-ring (bicyclic) bond motifs is 1. The van der Waals surface area contributed by atoms with Crippen molar-refractivity contribution in [3.63, 3.8) is 0 Å². The van der Waals surface area contributed by atoms with Gasteiger partial charge in [-0.05, 0) is 58.2 Å². The second kappa shape index (κ2) is 8.84. The van der Waals surface area contributed by atoms with E-state index in [0.717, 1.165) is 41.5 Å². The molecule has 8 nitrogen and oxygen atoms in total. The molecule has 0 unspecified atom stereocenters. The summed E-state index contributed by atoms with van der Waals surface area (Å²) in [5, 5.41) is 16.7. The van der Waals surface area contributed by atoms with Gasteiger partial charge in [0.05, 0.1) is 11.8 Å². The maximum absolute atomic E-state index is 12.8. The van der Waals surface area contributed by atoms with Gasteiger partial charge in [-0.1, -0.05) is 18.2 Å². The first-order valence-corrected chi connectivity index (χ1v) is 11.7. The Hall–Kier alpha value is -3.42. The largest absolute Gasteiger partial charge is 0.491 e. The van der Waals surface area contributed by atoms with Gasteiger partial charge in [-0.2, -0.15) is 9.78 Å². The van der Waals surface area contributed by atoms with Gasteiger partial charge in [0, 0.05) is 36.6 Å². The van der Waals surface area contributed by atoms with Crippen LogP contribution in [-0.2, 0) is 4.79 Å². The Morgan fingerprint density at radius 3 is 2.48 bits per heavy atom. The van der Waals surface area contributed by atoms with E-state index in [0.29, 0.717) is 18.1 Å². The van der Waals surface area contributed by atoms with Crippen LogP contribution >= 0.6 is 0 Å². The van der Waals surface area contributed by atoms with Crippen molar-refractivity contribution in [3.05, 3.63) is 53.2 Å². The maximum atomic E-state index is 12.8. The van der Waals surface area contributed by atoms with Gasteiger partial charge in [0.2, 0.25) is 5.91 Å². The van der Waals surface area contributed by atoms with Gasteiger partial charge in [0.15, 0.2) is 11.6 Å². The number of benzene rings is 1. The van der Waals surface area contributed by atoms with Crippen molar-refractivity contribution < 1.29 is 9.53 Å². The molecule has 0 bridgehead atoms. The van der Waals surface area contributed by atoms with Gasteiger partial charge in [-0.25, -0.2) is 0 Å². The molecule has 0 spiro atoms. The van der Waals surface area contributed by atoms with E-state index in [1.54, 1.807) is 4.68 Å².